The van der Waals surface area contributed by atoms with Crippen LogP contribution in [-0.4, -0.2) is 148 Å². The zero-order valence-corrected chi connectivity index (χ0v) is 50.6. The molecule has 0 aliphatic heterocycles. The van der Waals surface area contributed by atoms with Crippen LogP contribution >= 0.6 is 11.3 Å². The van der Waals surface area contributed by atoms with Crippen molar-refractivity contribution in [2.75, 3.05) is 59.7 Å². The number of unbranched alkanes of at least 4 members (excludes halogenated alkanes) is 1. The van der Waals surface area contributed by atoms with Crippen molar-refractivity contribution in [1.82, 2.24) is 25.4 Å². The maximum atomic E-state index is 13.6. The molecule has 7 rings (SSSR count). The third-order valence-corrected chi connectivity index (χ3v) is 20.6. The highest BCUT2D eigenvalue weighted by Crippen LogP contribution is 2.68. The van der Waals surface area contributed by atoms with Gasteiger partial charge >= 0.3 is 12.1 Å². The normalized spacial score (nSPS) is 25.5. The van der Waals surface area contributed by atoms with Gasteiger partial charge in [-0.2, -0.15) is 5.26 Å². The summed E-state index contributed by atoms with van der Waals surface area (Å²) in [6.07, 6.45) is 8.71. The Labute approximate surface area is 492 Å². The number of amides is 4. The number of aliphatic hydroxyl groups is 2. The van der Waals surface area contributed by atoms with Crippen molar-refractivity contribution < 1.29 is 63.7 Å². The number of fused-ring (bicyclic) bond motifs is 6. The van der Waals surface area contributed by atoms with E-state index < -0.39 is 23.5 Å². The van der Waals surface area contributed by atoms with Gasteiger partial charge < -0.3 is 60.2 Å². The van der Waals surface area contributed by atoms with Gasteiger partial charge in [0.1, 0.15) is 29.4 Å². The van der Waals surface area contributed by atoms with Crippen molar-refractivity contribution in [3.63, 3.8) is 0 Å². The molecule has 0 bridgehead atoms. The van der Waals surface area contributed by atoms with Gasteiger partial charge in [-0.25, -0.2) is 14.6 Å². The number of hydrogen-bond acceptors (Lipinski definition) is 15. The summed E-state index contributed by atoms with van der Waals surface area (Å²) in [6.45, 7) is 21.2. The quantitative estimate of drug-likeness (QED) is 0.0298. The van der Waals surface area contributed by atoms with Gasteiger partial charge in [0.25, 0.3) is 0 Å². The van der Waals surface area contributed by atoms with Crippen molar-refractivity contribution in [3.05, 3.63) is 44.8 Å². The number of carboxylic acids is 1. The minimum Gasteiger partial charge on any atom is -0.507 e. The zero-order chi connectivity index (χ0) is 60.6. The first kappa shape index (κ1) is 64.7. The van der Waals surface area contributed by atoms with Crippen molar-refractivity contribution in [2.24, 2.45) is 46.3 Å². The molecule has 1 heterocycles. The number of nitriles is 1. The first-order valence-electron chi connectivity index (χ1n) is 29.8. The number of aromatic nitrogens is 1. The molecule has 19 nitrogen and oxygen atoms in total. The van der Waals surface area contributed by atoms with Crippen LogP contribution in [0.3, 0.4) is 0 Å². The molecule has 3 aromatic rings. The van der Waals surface area contributed by atoms with Crippen molar-refractivity contribution in [2.45, 2.75) is 162 Å². The summed E-state index contributed by atoms with van der Waals surface area (Å²) in [5.41, 5.74) is 0.619. The summed E-state index contributed by atoms with van der Waals surface area (Å²) in [5.74, 6) is 0.396. The highest BCUT2D eigenvalue weighted by Gasteiger charge is 2.63. The predicted octanol–water partition coefficient (Wildman–Crippen LogP) is 7.02. The van der Waals surface area contributed by atoms with Crippen LogP contribution in [0.15, 0.2) is 18.2 Å². The number of aromatic hydroxyl groups is 2. The lowest BCUT2D eigenvalue weighted by atomic mass is 9.43. The van der Waals surface area contributed by atoms with Crippen LogP contribution in [0.4, 0.5) is 4.79 Å². The molecule has 83 heavy (non-hydrogen) atoms. The average molecular weight is 1170 g/mol. The number of nitrogens with one attached hydrogen (secondary N) is 2. The van der Waals surface area contributed by atoms with E-state index in [1.807, 2.05) is 6.07 Å². The molecule has 0 radical (unpaired) electrons. The van der Waals surface area contributed by atoms with Crippen LogP contribution in [0.5, 0.6) is 17.2 Å². The lowest BCUT2D eigenvalue weighted by molar-refractivity contribution is -0.174. The van der Waals surface area contributed by atoms with E-state index in [1.54, 1.807) is 46.0 Å². The second kappa shape index (κ2) is 27.9. The summed E-state index contributed by atoms with van der Waals surface area (Å²) < 4.78 is 17.8. The number of phenolic OH excluding ortho intramolecular Hbond substituents is 2. The number of rotatable bonds is 27. The maximum Gasteiger partial charge on any atom is 0.415 e. The smallest absolute Gasteiger partial charge is 0.415 e. The lowest BCUT2D eigenvalue weighted by Gasteiger charge is -2.62. The minimum atomic E-state index is -1.09. The highest BCUT2D eigenvalue weighted by molar-refractivity contribution is 7.19. The first-order chi connectivity index (χ1) is 39.3. The molecule has 4 saturated carbocycles. The van der Waals surface area contributed by atoms with Gasteiger partial charge in [0.2, 0.25) is 17.7 Å². The van der Waals surface area contributed by atoms with E-state index in [0.717, 1.165) is 51.4 Å². The third kappa shape index (κ3) is 15.2. The molecule has 4 aliphatic rings. The molecule has 2 aromatic carbocycles. The van der Waals surface area contributed by atoms with E-state index in [1.165, 1.54) is 21.1 Å². The van der Waals surface area contributed by atoms with Gasteiger partial charge in [0, 0.05) is 85.5 Å². The molecule has 7 N–H and O–H groups in total. The molecule has 0 spiro atoms. The van der Waals surface area contributed by atoms with Gasteiger partial charge in [0.15, 0.2) is 5.01 Å². The van der Waals surface area contributed by atoms with Gasteiger partial charge in [-0.05, 0) is 142 Å². The third-order valence-electron chi connectivity index (χ3n) is 19.7. The standard InChI is InChI=1S/C63H90N6O13S/c1-37(44-15-16-45-55-46(20-23-63(44,45)8)62(7)22-19-42(70)32-41(62)33-49(55)71)13-18-52(73)66-48(59(77)78)12-10-11-24-65-51(72)21-28-80-30-31-81-29-27-69(60(79)82-43-14-17-47-50(34-43)83-53(36-64)67-47)26-25-68(9)54(74)35-61(5,6)56-40(4)57(75)38(2)39(3)58(56)76/h14,17,34,37,41-42,44-46,48-49,55,70-71,75-76H,3-4,10-13,15-16,18-33,35H2,1-2,5-9H3,(H,65,72)(H,66,73)(H,77,78)/t37-,41+,42-,44-,45+,46+,48?,49-,55+,62+,63-/m1/s1. The Hall–Kier alpha value is -5.85. The minimum absolute atomic E-state index is 0.0559. The summed E-state index contributed by atoms with van der Waals surface area (Å²) in [7, 11) is 1.60. The first-order valence-corrected chi connectivity index (χ1v) is 30.7. The Morgan fingerprint density at radius 2 is 1.60 bits per heavy atom. The van der Waals surface area contributed by atoms with Gasteiger partial charge in [-0.1, -0.05) is 47.8 Å². The number of phenols is 2. The number of hydrogen-bond donors (Lipinski definition) is 7. The van der Waals surface area contributed by atoms with Crippen molar-refractivity contribution in [1.29, 1.82) is 5.26 Å². The number of ether oxygens (including phenoxy) is 3. The van der Waals surface area contributed by atoms with E-state index in [2.05, 4.69) is 49.5 Å². The molecule has 11 atom stereocenters. The van der Waals surface area contributed by atoms with Crippen LogP contribution in [0.2, 0.25) is 0 Å². The Kier molecular flexibility index (Phi) is 21.8. The molecule has 4 aliphatic carbocycles. The van der Waals surface area contributed by atoms with Crippen molar-refractivity contribution >= 4 is 64.5 Å². The molecular formula is C63H90N6O13S. The molecule has 0 saturated heterocycles. The number of aliphatic hydroxyl groups excluding tert-OH is 2. The van der Waals surface area contributed by atoms with Crippen LogP contribution in [0, 0.1) is 64.6 Å². The summed E-state index contributed by atoms with van der Waals surface area (Å²) in [5, 5.41) is 69.3. The SMILES string of the molecule is C=c1c(C)c(O)c(=C)c(C(C)(C)CC(=O)N(C)CCN(CCOCCOCCC(=O)NCCCCC(NC(=O)CC[C@@H](C)[C@H]2CC[C@H]3[C@@H]4[C@H](O)C[C@@H]5C[C@H](O)CC[C@]5(C)[C@H]4CC[C@]23C)C(=O)O)C(=O)Oc2ccc3nc(C#N)sc3c2)c1O. The molecule has 456 valence electrons. The fourth-order valence-electron chi connectivity index (χ4n) is 14.9. The zero-order valence-electron chi connectivity index (χ0n) is 49.8. The van der Waals surface area contributed by atoms with E-state index in [4.69, 9.17) is 14.2 Å². The van der Waals surface area contributed by atoms with Crippen LogP contribution in [-0.2, 0) is 34.1 Å². The number of aliphatic carboxylic acids is 1. The Morgan fingerprint density at radius 3 is 2.33 bits per heavy atom. The van der Waals surface area contributed by atoms with Crippen LogP contribution in [0.1, 0.15) is 147 Å². The summed E-state index contributed by atoms with van der Waals surface area (Å²) in [4.78, 5) is 72.3. The van der Waals surface area contributed by atoms with Gasteiger partial charge in [-0.3, -0.25) is 14.4 Å². The monoisotopic (exact) mass is 1170 g/mol. The number of nitrogens with zero attached hydrogens (tertiary/aromatic N) is 4. The van der Waals surface area contributed by atoms with Gasteiger partial charge in [-0.15, -0.1) is 11.3 Å². The number of carboxylic acid groups (broad SMARTS) is 1. The number of likely N-dealkylation sites (N-methyl/N-ethyl adjacent to an activating group) is 1. The molecule has 1 unspecified atom stereocenters. The molecule has 1 aromatic heterocycles. The van der Waals surface area contributed by atoms with E-state index in [-0.39, 0.29) is 157 Å². The number of thiazole rings is 1. The molecule has 20 heteroatoms. The molecule has 4 fully saturated rings. The molecule has 4 amide bonds. The molecular weight excluding hydrogens is 1080 g/mol. The van der Waals surface area contributed by atoms with E-state index in [0.29, 0.717) is 70.8 Å². The number of carbonyl (C=O) groups is 5. The second-order valence-electron chi connectivity index (χ2n) is 25.4. The van der Waals surface area contributed by atoms with Crippen LogP contribution < -0.4 is 25.8 Å². The Bertz CT molecular complexity index is 2960. The van der Waals surface area contributed by atoms with E-state index in [9.17, 15) is 54.8 Å². The van der Waals surface area contributed by atoms with Gasteiger partial charge in [0.05, 0.1) is 48.9 Å². The second-order valence-corrected chi connectivity index (χ2v) is 26.4. The largest absolute Gasteiger partial charge is 0.507 e. The van der Waals surface area contributed by atoms with Crippen molar-refractivity contribution in [3.8, 4) is 23.3 Å². The van der Waals surface area contributed by atoms with Crippen LogP contribution in [0.25, 0.3) is 23.4 Å². The highest BCUT2D eigenvalue weighted by atomic mass is 32.1. The Balaban J connectivity index is 0.779. The fraction of sp³-hybridized carbons (Fsp3) is 0.667. The fourth-order valence-corrected chi connectivity index (χ4v) is 15.7. The number of benzene rings is 2. The summed E-state index contributed by atoms with van der Waals surface area (Å²) >= 11 is 1.17. The van der Waals surface area contributed by atoms with E-state index >= 15 is 0 Å². The summed E-state index contributed by atoms with van der Waals surface area (Å²) in [6, 6.07) is 5.86. The maximum absolute atomic E-state index is 13.6. The topological polar surface area (TPSA) is 281 Å². The number of carbonyl (C=O) groups excluding carboxylic acids is 4. The predicted molar refractivity (Wildman–Crippen MR) is 316 cm³/mol. The Morgan fingerprint density at radius 1 is 0.892 bits per heavy atom. The average Bonchev–Trinajstić information content (AvgIpc) is 1.96. The lowest BCUT2D eigenvalue weighted by Crippen LogP contribution is -2.58.